The Balaban J connectivity index is 2.05. The normalized spacial score (nSPS) is 17.5. The molecule has 100 valence electrons. The van der Waals surface area contributed by atoms with Crippen LogP contribution in [-0.2, 0) is 0 Å². The van der Waals surface area contributed by atoms with Crippen LogP contribution in [0.1, 0.15) is 0 Å². The fraction of sp³-hybridized carbons (Fsp3) is 0.111. The Kier molecular flexibility index (Phi) is 4.40. The van der Waals surface area contributed by atoms with Crippen molar-refractivity contribution in [1.29, 1.82) is 0 Å². The van der Waals surface area contributed by atoms with E-state index in [4.69, 9.17) is 0 Å². The Morgan fingerprint density at radius 3 is 1.90 bits per heavy atom. The van der Waals surface area contributed by atoms with Crippen LogP contribution in [0.2, 0.25) is 3.86 Å². The maximum atomic E-state index is 9.60. The number of hydrogen-bond acceptors (Lipinski definition) is 1. The Bertz CT molecular complexity index is 577. The molecule has 0 amide bonds. The summed E-state index contributed by atoms with van der Waals surface area (Å²) in [5.74, 6) is 0. The first-order valence-electron chi connectivity index (χ1n) is 6.77. The Morgan fingerprint density at radius 1 is 0.850 bits per heavy atom. The van der Waals surface area contributed by atoms with E-state index in [1.807, 2.05) is 0 Å². The second-order valence-electron chi connectivity index (χ2n) is 4.77. The van der Waals surface area contributed by atoms with Crippen molar-refractivity contribution in [3.05, 3.63) is 84.5 Å². The molecule has 1 unspecified atom stereocenters. The molecular formula is C18H17OSb. The summed E-state index contributed by atoms with van der Waals surface area (Å²) < 4.78 is 3.36. The third kappa shape index (κ3) is 2.75. The molecule has 0 radical (unpaired) electrons. The van der Waals surface area contributed by atoms with Gasteiger partial charge in [0.25, 0.3) is 0 Å². The van der Waals surface area contributed by atoms with Gasteiger partial charge in [-0.25, -0.2) is 0 Å². The molecule has 0 spiro atoms. The first-order chi connectivity index (χ1) is 9.90. The van der Waals surface area contributed by atoms with Crippen molar-refractivity contribution in [3.8, 4) is 0 Å². The Hall–Kier alpha value is -1.30. The van der Waals surface area contributed by atoms with Crippen molar-refractivity contribution in [1.82, 2.24) is 0 Å². The van der Waals surface area contributed by atoms with Crippen LogP contribution in [0.4, 0.5) is 0 Å². The predicted molar refractivity (Wildman–Crippen MR) is 86.0 cm³/mol. The first-order valence-corrected chi connectivity index (χ1v) is 10.8. The van der Waals surface area contributed by atoms with Gasteiger partial charge >= 0.3 is 127 Å². The molecule has 2 heteroatoms. The van der Waals surface area contributed by atoms with E-state index < -0.39 is 20.2 Å². The summed E-state index contributed by atoms with van der Waals surface area (Å²) in [6.45, 7) is 0.165. The van der Waals surface area contributed by atoms with Gasteiger partial charge in [0, 0.05) is 0 Å². The van der Waals surface area contributed by atoms with Gasteiger partial charge in [0.15, 0.2) is 0 Å². The molecule has 0 bridgehead atoms. The second kappa shape index (κ2) is 6.43. The van der Waals surface area contributed by atoms with Crippen LogP contribution in [0, 0.1) is 0 Å². The SMILES string of the molecule is OCC1=CC=C[CH]1[Sb]([c]1ccccc1)[c]1ccccc1. The predicted octanol–water partition coefficient (Wildman–Crippen LogP) is 2.15. The van der Waals surface area contributed by atoms with E-state index in [0.29, 0.717) is 3.86 Å². The van der Waals surface area contributed by atoms with Gasteiger partial charge in [-0.3, -0.25) is 0 Å². The van der Waals surface area contributed by atoms with Crippen LogP contribution >= 0.6 is 0 Å². The summed E-state index contributed by atoms with van der Waals surface area (Å²) >= 11 is -1.92. The van der Waals surface area contributed by atoms with Gasteiger partial charge in [-0.15, -0.1) is 0 Å². The zero-order chi connectivity index (χ0) is 13.8. The van der Waals surface area contributed by atoms with Crippen LogP contribution in [0.25, 0.3) is 0 Å². The molecule has 0 aliphatic heterocycles. The van der Waals surface area contributed by atoms with Gasteiger partial charge in [0.05, 0.1) is 0 Å². The van der Waals surface area contributed by atoms with Crippen LogP contribution < -0.4 is 7.02 Å². The second-order valence-corrected chi connectivity index (χ2v) is 11.4. The van der Waals surface area contributed by atoms with Crippen molar-refractivity contribution in [2.24, 2.45) is 0 Å². The molecular weight excluding hydrogens is 354 g/mol. The summed E-state index contributed by atoms with van der Waals surface area (Å²) in [6.07, 6.45) is 6.45. The first kappa shape index (κ1) is 13.7. The van der Waals surface area contributed by atoms with Crippen LogP contribution in [0.3, 0.4) is 0 Å². The minimum atomic E-state index is -1.92. The van der Waals surface area contributed by atoms with Gasteiger partial charge < -0.3 is 0 Å². The number of benzene rings is 2. The molecule has 0 saturated carbocycles. The van der Waals surface area contributed by atoms with E-state index in [2.05, 4.69) is 78.9 Å². The van der Waals surface area contributed by atoms with Crippen molar-refractivity contribution in [2.75, 3.05) is 6.61 Å². The standard InChI is InChI=1S/C6H7O.2C6H5.Sb/c7-5-6-3-1-2-4-6;2*1-2-4-6-5-3-1;/h1-4,7H,5H2;2*1-5H;. The van der Waals surface area contributed by atoms with Crippen LogP contribution in [-0.4, -0.2) is 31.9 Å². The molecule has 1 atom stereocenters. The molecule has 0 saturated heterocycles. The topological polar surface area (TPSA) is 20.2 Å². The van der Waals surface area contributed by atoms with E-state index in [0.717, 1.165) is 0 Å². The molecule has 2 aromatic rings. The zero-order valence-electron chi connectivity index (χ0n) is 11.2. The average molecular weight is 371 g/mol. The number of aliphatic hydroxyl groups excluding tert-OH is 1. The van der Waals surface area contributed by atoms with Crippen molar-refractivity contribution >= 4 is 27.2 Å². The fourth-order valence-electron chi connectivity index (χ4n) is 2.55. The maximum absolute atomic E-state index is 9.60. The van der Waals surface area contributed by atoms with Gasteiger partial charge in [-0.2, -0.15) is 0 Å². The van der Waals surface area contributed by atoms with E-state index in [1.54, 1.807) is 0 Å². The van der Waals surface area contributed by atoms with Gasteiger partial charge in [-0.05, 0) is 0 Å². The number of hydrogen-bond donors (Lipinski definition) is 1. The van der Waals surface area contributed by atoms with E-state index in [-0.39, 0.29) is 6.61 Å². The van der Waals surface area contributed by atoms with Gasteiger partial charge in [0.1, 0.15) is 0 Å². The molecule has 1 nitrogen and oxygen atoms in total. The molecule has 1 aliphatic rings. The number of rotatable bonds is 4. The molecule has 1 N–H and O–H groups in total. The molecule has 0 aromatic heterocycles. The zero-order valence-corrected chi connectivity index (χ0v) is 13.7. The van der Waals surface area contributed by atoms with Gasteiger partial charge in [0.2, 0.25) is 0 Å². The van der Waals surface area contributed by atoms with E-state index in [9.17, 15) is 5.11 Å². The number of allylic oxidation sites excluding steroid dienone is 3. The molecule has 1 aliphatic carbocycles. The van der Waals surface area contributed by atoms with Crippen LogP contribution in [0.5, 0.6) is 0 Å². The van der Waals surface area contributed by atoms with E-state index in [1.165, 1.54) is 12.6 Å². The molecule has 3 rings (SSSR count). The monoisotopic (exact) mass is 370 g/mol. The average Bonchev–Trinajstić information content (AvgIpc) is 2.98. The third-order valence-electron chi connectivity index (χ3n) is 3.51. The van der Waals surface area contributed by atoms with E-state index >= 15 is 0 Å². The minimum absolute atomic E-state index is 0.165. The fourth-order valence-corrected chi connectivity index (χ4v) is 10.3. The third-order valence-corrected chi connectivity index (χ3v) is 11.4. The molecule has 0 fully saturated rings. The summed E-state index contributed by atoms with van der Waals surface area (Å²) in [6, 6.07) is 21.6. The Labute approximate surface area is 127 Å². The van der Waals surface area contributed by atoms with Crippen LogP contribution in [0.15, 0.2) is 84.5 Å². The number of aliphatic hydroxyl groups is 1. The molecule has 2 aromatic carbocycles. The quantitative estimate of drug-likeness (QED) is 0.817. The van der Waals surface area contributed by atoms with Crippen molar-refractivity contribution < 1.29 is 5.11 Å². The Morgan fingerprint density at radius 2 is 1.40 bits per heavy atom. The van der Waals surface area contributed by atoms with Gasteiger partial charge in [-0.1, -0.05) is 0 Å². The summed E-state index contributed by atoms with van der Waals surface area (Å²) in [5, 5.41) is 9.60. The summed E-state index contributed by atoms with van der Waals surface area (Å²) in [4.78, 5) is 0. The molecule has 20 heavy (non-hydrogen) atoms. The van der Waals surface area contributed by atoms with Crippen molar-refractivity contribution in [2.45, 2.75) is 3.86 Å². The molecule has 0 heterocycles. The summed E-state index contributed by atoms with van der Waals surface area (Å²) in [5.41, 5.74) is 1.17. The summed E-state index contributed by atoms with van der Waals surface area (Å²) in [7, 11) is 0. The van der Waals surface area contributed by atoms with Crippen molar-refractivity contribution in [3.63, 3.8) is 0 Å².